The van der Waals surface area contributed by atoms with Crippen molar-refractivity contribution in [3.05, 3.63) is 0 Å². The van der Waals surface area contributed by atoms with Gasteiger partial charge < -0.3 is 15.5 Å². The number of hydrogen-bond acceptors (Lipinski definition) is 4. The molecule has 0 spiro atoms. The van der Waals surface area contributed by atoms with Crippen LogP contribution in [0.25, 0.3) is 0 Å². The van der Waals surface area contributed by atoms with E-state index < -0.39 is 36.0 Å². The first-order valence-corrected chi connectivity index (χ1v) is 8.27. The summed E-state index contributed by atoms with van der Waals surface area (Å²) in [5.74, 6) is -3.11. The molecule has 0 aliphatic heterocycles. The summed E-state index contributed by atoms with van der Waals surface area (Å²) in [6.45, 7) is 9.11. The predicted octanol–water partition coefficient (Wildman–Crippen LogP) is -0.0159. The third kappa shape index (κ3) is 4.11. The van der Waals surface area contributed by atoms with E-state index >= 15 is 0 Å². The van der Waals surface area contributed by atoms with Crippen LogP contribution in [0.4, 0.5) is 0 Å². The molecule has 6 N–H and O–H groups in total. The monoisotopic (exact) mass is 341 g/mol. The number of hydrogen-bond donors (Lipinski definition) is 5. The van der Waals surface area contributed by atoms with E-state index in [1.807, 2.05) is 13.8 Å². The Morgan fingerprint density at radius 3 is 2.33 bits per heavy atom. The van der Waals surface area contributed by atoms with E-state index in [9.17, 15) is 19.8 Å². The highest BCUT2D eigenvalue weighted by atomic mass is 16.4. The van der Waals surface area contributed by atoms with Crippen LogP contribution < -0.4 is 11.1 Å². The van der Waals surface area contributed by atoms with E-state index in [0.717, 1.165) is 12.8 Å². The van der Waals surface area contributed by atoms with Crippen molar-refractivity contribution in [3.8, 4) is 0 Å². The Bertz CT molecular complexity index is 518. The summed E-state index contributed by atoms with van der Waals surface area (Å²) in [6, 6.07) is -0.943. The van der Waals surface area contributed by atoms with Crippen molar-refractivity contribution >= 4 is 24.6 Å². The van der Waals surface area contributed by atoms with Gasteiger partial charge in [-0.3, -0.25) is 15.3 Å². The van der Waals surface area contributed by atoms with Crippen molar-refractivity contribution in [2.75, 3.05) is 0 Å². The zero-order valence-electron chi connectivity index (χ0n) is 14.5. The van der Waals surface area contributed by atoms with Gasteiger partial charge in [0.2, 0.25) is 5.91 Å². The summed E-state index contributed by atoms with van der Waals surface area (Å²) in [6.07, 6.45) is 0.521. The minimum Gasteiger partial charge on any atom is -0.481 e. The first-order chi connectivity index (χ1) is 11.1. The zero-order chi connectivity index (χ0) is 18.6. The van der Waals surface area contributed by atoms with Gasteiger partial charge in [-0.1, -0.05) is 26.7 Å². The molecule has 136 valence electrons. The van der Waals surface area contributed by atoms with Gasteiger partial charge in [0, 0.05) is 25.6 Å². The van der Waals surface area contributed by atoms with Crippen molar-refractivity contribution in [3.63, 3.8) is 0 Å². The molecule has 0 aromatic carbocycles. The average Bonchev–Trinajstić information content (AvgIpc) is 2.83. The van der Waals surface area contributed by atoms with Gasteiger partial charge >= 0.3 is 11.9 Å². The van der Waals surface area contributed by atoms with Gasteiger partial charge in [-0.25, -0.2) is 4.58 Å². The number of rotatable bonds is 7. The second kappa shape index (κ2) is 8.23. The fourth-order valence-corrected chi connectivity index (χ4v) is 3.82. The molecule has 0 aromatic rings. The lowest BCUT2D eigenvalue weighted by Gasteiger charge is -2.36. The summed E-state index contributed by atoms with van der Waals surface area (Å²) in [5, 5.41) is 30.5. The van der Waals surface area contributed by atoms with Crippen LogP contribution in [-0.2, 0) is 9.59 Å². The van der Waals surface area contributed by atoms with Crippen molar-refractivity contribution < 1.29 is 24.4 Å². The number of amides is 1. The molecule has 8 heteroatoms. The van der Waals surface area contributed by atoms with Crippen molar-refractivity contribution in [2.45, 2.75) is 58.2 Å². The smallest absolute Gasteiger partial charge is 0.381 e. The summed E-state index contributed by atoms with van der Waals surface area (Å²) in [4.78, 5) is 23.2. The van der Waals surface area contributed by atoms with Crippen LogP contribution in [0.2, 0.25) is 0 Å². The molecule has 1 aliphatic rings. The minimum atomic E-state index is -1.14. The Kier molecular flexibility index (Phi) is 6.89. The molecule has 5 unspecified atom stereocenters. The Morgan fingerprint density at radius 2 is 1.96 bits per heavy atom. The number of carboxylic acids is 1. The van der Waals surface area contributed by atoms with Crippen molar-refractivity contribution in [1.82, 2.24) is 5.32 Å². The van der Waals surface area contributed by atoms with Gasteiger partial charge in [0.1, 0.15) is 0 Å². The van der Waals surface area contributed by atoms with Crippen LogP contribution in [0, 0.1) is 23.2 Å². The fourth-order valence-electron chi connectivity index (χ4n) is 3.82. The number of guanidine groups is 1. The molecule has 1 saturated carbocycles. The van der Waals surface area contributed by atoms with Crippen molar-refractivity contribution in [1.29, 1.82) is 5.41 Å². The van der Waals surface area contributed by atoms with E-state index in [1.54, 1.807) is 0 Å². The Hall–Kier alpha value is -1.96. The number of carbonyl (C=O) groups excluding carboxylic acids is 1. The molecule has 1 fully saturated rings. The number of nitrogens with two attached hydrogens (primary N) is 1. The van der Waals surface area contributed by atoms with Gasteiger partial charge in [-0.05, 0) is 12.3 Å². The molecule has 0 heterocycles. The third-order valence-corrected chi connectivity index (χ3v) is 5.11. The molecular weight excluding hydrogens is 312 g/mol. The lowest BCUT2D eigenvalue weighted by molar-refractivity contribution is -0.460. The highest BCUT2D eigenvalue weighted by molar-refractivity contribution is 5.74. The molecule has 24 heavy (non-hydrogen) atoms. The maximum atomic E-state index is 11.7. The van der Waals surface area contributed by atoms with Gasteiger partial charge in [0.15, 0.2) is 0 Å². The fraction of sp³-hybridized carbons (Fsp3) is 0.750. The van der Waals surface area contributed by atoms with Crippen LogP contribution in [0.5, 0.6) is 0 Å². The second-order valence-electron chi connectivity index (χ2n) is 6.47. The van der Waals surface area contributed by atoms with Crippen LogP contribution in [0.1, 0.15) is 40.0 Å². The summed E-state index contributed by atoms with van der Waals surface area (Å²) >= 11 is 0. The molecule has 1 rings (SSSR count). The topological polar surface area (TPSA) is 140 Å². The lowest BCUT2D eigenvalue weighted by Crippen LogP contribution is -2.53. The van der Waals surface area contributed by atoms with Gasteiger partial charge in [-0.15, -0.1) is 5.41 Å². The van der Waals surface area contributed by atoms with Crippen LogP contribution in [0.3, 0.4) is 0 Å². The normalized spacial score (nSPS) is 27.7. The van der Waals surface area contributed by atoms with E-state index in [0.29, 0.717) is 0 Å². The summed E-state index contributed by atoms with van der Waals surface area (Å²) in [7, 11) is 0. The molecule has 0 radical (unpaired) electrons. The third-order valence-electron chi connectivity index (χ3n) is 5.11. The molecule has 0 saturated heterocycles. The minimum absolute atomic E-state index is 0.0731. The predicted molar refractivity (Wildman–Crippen MR) is 90.0 cm³/mol. The van der Waals surface area contributed by atoms with Crippen LogP contribution >= 0.6 is 0 Å². The number of carboxylic acid groups (broad SMARTS) is 1. The SMILES string of the molecule is C=[N+](C(=N)N)C1CC(C(=O)O)C(O)C1C(NC(C)=O)C(CC)CC. The van der Waals surface area contributed by atoms with Gasteiger partial charge in [0.25, 0.3) is 0 Å². The number of nitrogens with one attached hydrogen (secondary N) is 2. The molecule has 0 bridgehead atoms. The van der Waals surface area contributed by atoms with E-state index in [2.05, 4.69) is 12.0 Å². The quantitative estimate of drug-likeness (QED) is 0.252. The van der Waals surface area contributed by atoms with Crippen LogP contribution in [-0.4, -0.2) is 57.5 Å². The molecule has 1 aliphatic carbocycles. The van der Waals surface area contributed by atoms with E-state index in [4.69, 9.17) is 11.1 Å². The van der Waals surface area contributed by atoms with E-state index in [-0.39, 0.29) is 24.2 Å². The molecule has 5 atom stereocenters. The number of aliphatic hydroxyl groups excluding tert-OH is 1. The summed E-state index contributed by atoms with van der Waals surface area (Å²) < 4.78 is 1.24. The maximum absolute atomic E-state index is 11.7. The molecule has 0 aromatic heterocycles. The van der Waals surface area contributed by atoms with Crippen molar-refractivity contribution in [2.24, 2.45) is 23.5 Å². The number of aliphatic carboxylic acids is 1. The second-order valence-corrected chi connectivity index (χ2v) is 6.47. The first kappa shape index (κ1) is 20.1. The Morgan fingerprint density at radius 1 is 1.42 bits per heavy atom. The first-order valence-electron chi connectivity index (χ1n) is 8.27. The van der Waals surface area contributed by atoms with Gasteiger partial charge in [0.05, 0.1) is 18.1 Å². The highest BCUT2D eigenvalue weighted by Gasteiger charge is 2.53. The average molecular weight is 341 g/mol. The number of carbonyl (C=O) groups is 2. The van der Waals surface area contributed by atoms with Crippen LogP contribution in [0.15, 0.2) is 0 Å². The number of nitrogens with zero attached hydrogens (tertiary/aromatic N) is 1. The van der Waals surface area contributed by atoms with Gasteiger partial charge in [-0.2, -0.15) is 0 Å². The number of aliphatic hydroxyl groups is 1. The van der Waals surface area contributed by atoms with E-state index in [1.165, 1.54) is 11.5 Å². The molecule has 1 amide bonds. The zero-order valence-corrected chi connectivity index (χ0v) is 14.5. The maximum Gasteiger partial charge on any atom is 0.381 e. The standard InChI is InChI=1S/C16H28N4O4/c1-5-9(6-2)13(19-8(3)21)12-11(20(4)16(17)18)7-10(14(12)22)15(23)24/h9-14,22H,4-7H2,1-3H3,(H4-,17,18,19,21,23,24)/p+1. The molecular formula is C16H29N4O4+. The highest BCUT2D eigenvalue weighted by Crippen LogP contribution is 2.39. The summed E-state index contributed by atoms with van der Waals surface area (Å²) in [5.41, 5.74) is 5.52. The largest absolute Gasteiger partial charge is 0.481 e. The lowest BCUT2D eigenvalue weighted by atomic mass is 9.80. The Labute approximate surface area is 142 Å². The Balaban J connectivity index is 3.30. The molecule has 8 nitrogen and oxygen atoms in total.